The van der Waals surface area contributed by atoms with Gasteiger partial charge in [-0.25, -0.2) is 0 Å². The number of rotatable bonds is 1. The summed E-state index contributed by atoms with van der Waals surface area (Å²) in [6.07, 6.45) is 1.95. The molecule has 1 fully saturated rings. The van der Waals surface area contributed by atoms with Crippen LogP contribution in [-0.4, -0.2) is 5.54 Å². The third kappa shape index (κ3) is 0.597. The van der Waals surface area contributed by atoms with E-state index in [2.05, 4.69) is 13.0 Å². The van der Waals surface area contributed by atoms with E-state index < -0.39 is 5.54 Å². The highest BCUT2D eigenvalue weighted by Gasteiger charge is 2.50. The van der Waals surface area contributed by atoms with Crippen LogP contribution < -0.4 is 5.73 Å². The summed E-state index contributed by atoms with van der Waals surface area (Å²) in [6, 6.07) is 2.09. The smallest absolute Gasteiger partial charge is 0.107 e. The predicted octanol–water partition coefficient (Wildman–Crippen LogP) is 0.637. The van der Waals surface area contributed by atoms with E-state index in [4.69, 9.17) is 11.0 Å². The van der Waals surface area contributed by atoms with Crippen LogP contribution in [-0.2, 0) is 0 Å². The monoisotopic (exact) mass is 110 g/mol. The van der Waals surface area contributed by atoms with Crippen molar-refractivity contribution in [3.63, 3.8) is 0 Å². The van der Waals surface area contributed by atoms with Crippen LogP contribution in [0.15, 0.2) is 0 Å². The summed E-state index contributed by atoms with van der Waals surface area (Å²) in [5.74, 6) is 0.479. The minimum absolute atomic E-state index is 0.436. The van der Waals surface area contributed by atoms with Crippen molar-refractivity contribution in [1.29, 1.82) is 5.26 Å². The average Bonchev–Trinajstić information content (AvgIpc) is 2.44. The van der Waals surface area contributed by atoms with Gasteiger partial charge in [0, 0.05) is 0 Å². The standard InChI is InChI=1S/C6H10N2/c1-2-5-3-6(5,8)4-7/h5H,2-3,8H2,1H3/t5-,6?/m1/s1. The molecule has 44 valence electrons. The van der Waals surface area contributed by atoms with Crippen molar-refractivity contribution in [3.8, 4) is 6.07 Å². The highest BCUT2D eigenvalue weighted by Crippen LogP contribution is 2.42. The molecule has 8 heavy (non-hydrogen) atoms. The number of nitrogens with two attached hydrogens (primary N) is 1. The van der Waals surface area contributed by atoms with E-state index in [0.717, 1.165) is 12.8 Å². The van der Waals surface area contributed by atoms with Gasteiger partial charge in [-0.15, -0.1) is 0 Å². The zero-order chi connectivity index (χ0) is 6.20. The molecule has 0 heterocycles. The Morgan fingerprint density at radius 2 is 2.62 bits per heavy atom. The van der Waals surface area contributed by atoms with E-state index in [-0.39, 0.29) is 0 Å². The molecule has 1 unspecified atom stereocenters. The van der Waals surface area contributed by atoms with Gasteiger partial charge in [-0.2, -0.15) is 5.26 Å². The first-order valence-corrected chi connectivity index (χ1v) is 2.93. The fourth-order valence-corrected chi connectivity index (χ4v) is 0.994. The fourth-order valence-electron chi connectivity index (χ4n) is 0.994. The lowest BCUT2D eigenvalue weighted by Crippen LogP contribution is -2.21. The van der Waals surface area contributed by atoms with E-state index in [0.29, 0.717) is 5.92 Å². The molecule has 0 aromatic carbocycles. The van der Waals surface area contributed by atoms with Gasteiger partial charge < -0.3 is 5.73 Å². The summed E-state index contributed by atoms with van der Waals surface area (Å²) in [4.78, 5) is 0. The van der Waals surface area contributed by atoms with Gasteiger partial charge in [0.2, 0.25) is 0 Å². The summed E-state index contributed by atoms with van der Waals surface area (Å²) < 4.78 is 0. The molecule has 0 spiro atoms. The molecule has 0 bridgehead atoms. The first-order valence-electron chi connectivity index (χ1n) is 2.93. The van der Waals surface area contributed by atoms with Crippen LogP contribution in [0.1, 0.15) is 19.8 Å². The first-order chi connectivity index (χ1) is 3.73. The summed E-state index contributed by atoms with van der Waals surface area (Å²) in [7, 11) is 0. The second-order valence-corrected chi connectivity index (χ2v) is 2.46. The molecule has 1 saturated carbocycles. The second-order valence-electron chi connectivity index (χ2n) is 2.46. The second kappa shape index (κ2) is 1.46. The first kappa shape index (κ1) is 5.58. The zero-order valence-corrected chi connectivity index (χ0v) is 5.02. The van der Waals surface area contributed by atoms with Gasteiger partial charge >= 0.3 is 0 Å². The molecule has 0 saturated heterocycles. The van der Waals surface area contributed by atoms with E-state index in [1.165, 1.54) is 0 Å². The molecule has 1 rings (SSSR count). The summed E-state index contributed by atoms with van der Waals surface area (Å²) in [5, 5.41) is 8.39. The van der Waals surface area contributed by atoms with E-state index >= 15 is 0 Å². The molecule has 0 aliphatic heterocycles. The largest absolute Gasteiger partial charge is 0.313 e. The van der Waals surface area contributed by atoms with Crippen LogP contribution in [0.5, 0.6) is 0 Å². The number of nitrogens with zero attached hydrogens (tertiary/aromatic N) is 1. The topological polar surface area (TPSA) is 49.8 Å². The maximum Gasteiger partial charge on any atom is 0.107 e. The van der Waals surface area contributed by atoms with Gasteiger partial charge in [-0.05, 0) is 12.3 Å². The van der Waals surface area contributed by atoms with Gasteiger partial charge in [0.25, 0.3) is 0 Å². The SMILES string of the molecule is CC[C@@H]1CC1(N)C#N. The van der Waals surface area contributed by atoms with Crippen molar-refractivity contribution < 1.29 is 0 Å². The maximum absolute atomic E-state index is 8.39. The van der Waals surface area contributed by atoms with Crippen molar-refractivity contribution in [2.45, 2.75) is 25.3 Å². The third-order valence-corrected chi connectivity index (χ3v) is 1.85. The lowest BCUT2D eigenvalue weighted by molar-refractivity contribution is 0.691. The Kier molecular flexibility index (Phi) is 1.02. The molecule has 1 aliphatic rings. The van der Waals surface area contributed by atoms with Crippen molar-refractivity contribution in [3.05, 3.63) is 0 Å². The van der Waals surface area contributed by atoms with Crippen molar-refractivity contribution in [2.75, 3.05) is 0 Å². The number of hydrogen-bond donors (Lipinski definition) is 1. The van der Waals surface area contributed by atoms with E-state index in [1.54, 1.807) is 0 Å². The lowest BCUT2D eigenvalue weighted by atomic mass is 10.2. The van der Waals surface area contributed by atoms with E-state index in [9.17, 15) is 0 Å². The normalized spacial score (nSPS) is 43.4. The quantitative estimate of drug-likeness (QED) is 0.538. The maximum atomic E-state index is 8.39. The molecule has 0 amide bonds. The zero-order valence-electron chi connectivity index (χ0n) is 5.02. The summed E-state index contributed by atoms with van der Waals surface area (Å²) >= 11 is 0. The number of nitriles is 1. The van der Waals surface area contributed by atoms with Gasteiger partial charge in [-0.3, -0.25) is 0 Å². The van der Waals surface area contributed by atoms with Crippen molar-refractivity contribution in [1.82, 2.24) is 0 Å². The Bertz CT molecular complexity index is 136. The van der Waals surface area contributed by atoms with Gasteiger partial charge in [0.1, 0.15) is 5.54 Å². The molecule has 2 N–H and O–H groups in total. The molecule has 0 aromatic rings. The van der Waals surface area contributed by atoms with Crippen LogP contribution >= 0.6 is 0 Å². The Balaban J connectivity index is 2.46. The highest BCUT2D eigenvalue weighted by molar-refractivity contribution is 5.21. The molecular weight excluding hydrogens is 100 g/mol. The molecule has 1 aliphatic carbocycles. The van der Waals surface area contributed by atoms with Crippen molar-refractivity contribution >= 4 is 0 Å². The molecule has 2 atom stereocenters. The Morgan fingerprint density at radius 1 is 2.00 bits per heavy atom. The number of hydrogen-bond acceptors (Lipinski definition) is 2. The molecule has 0 radical (unpaired) electrons. The molecule has 0 aromatic heterocycles. The predicted molar refractivity (Wildman–Crippen MR) is 30.9 cm³/mol. The molecular formula is C6H10N2. The molecule has 2 heteroatoms. The summed E-state index contributed by atoms with van der Waals surface area (Å²) in [5.41, 5.74) is 5.10. The Morgan fingerprint density at radius 3 is 2.75 bits per heavy atom. The van der Waals surface area contributed by atoms with Crippen molar-refractivity contribution in [2.24, 2.45) is 11.7 Å². The van der Waals surface area contributed by atoms with Crippen LogP contribution in [0.3, 0.4) is 0 Å². The van der Waals surface area contributed by atoms with Crippen LogP contribution in [0.4, 0.5) is 0 Å². The molecule has 2 nitrogen and oxygen atoms in total. The van der Waals surface area contributed by atoms with E-state index in [1.807, 2.05) is 0 Å². The van der Waals surface area contributed by atoms with Crippen LogP contribution in [0.2, 0.25) is 0 Å². The van der Waals surface area contributed by atoms with Crippen LogP contribution in [0.25, 0.3) is 0 Å². The lowest BCUT2D eigenvalue weighted by Gasteiger charge is -1.93. The Hall–Kier alpha value is -0.550. The fraction of sp³-hybridized carbons (Fsp3) is 0.833. The van der Waals surface area contributed by atoms with Gasteiger partial charge in [0.05, 0.1) is 6.07 Å². The minimum Gasteiger partial charge on any atom is -0.313 e. The highest BCUT2D eigenvalue weighted by atomic mass is 14.8. The van der Waals surface area contributed by atoms with Gasteiger partial charge in [0.15, 0.2) is 0 Å². The third-order valence-electron chi connectivity index (χ3n) is 1.85. The average molecular weight is 110 g/mol. The Labute approximate surface area is 49.3 Å². The summed E-state index contributed by atoms with van der Waals surface area (Å²) in [6.45, 7) is 2.07. The van der Waals surface area contributed by atoms with Gasteiger partial charge in [-0.1, -0.05) is 13.3 Å². The van der Waals surface area contributed by atoms with Crippen LogP contribution in [0, 0.1) is 17.2 Å². The minimum atomic E-state index is -0.436.